The number of halogens is 1. The zero-order valence-electron chi connectivity index (χ0n) is 8.16. The third-order valence-corrected chi connectivity index (χ3v) is 3.10. The fraction of sp³-hybridized carbons (Fsp3) is 0.0833. The minimum absolute atomic E-state index is 0.216. The highest BCUT2D eigenvalue weighted by molar-refractivity contribution is 7.12. The van der Waals surface area contributed by atoms with Gasteiger partial charge in [0.2, 0.25) is 0 Å². The Hall–Kier alpha value is -1.48. The van der Waals surface area contributed by atoms with Gasteiger partial charge in [-0.2, -0.15) is 0 Å². The van der Waals surface area contributed by atoms with Gasteiger partial charge < -0.3 is 0 Å². The van der Waals surface area contributed by atoms with Gasteiger partial charge in [-0.1, -0.05) is 12.1 Å². The van der Waals surface area contributed by atoms with Crippen molar-refractivity contribution in [2.75, 3.05) is 0 Å². The van der Waals surface area contributed by atoms with Crippen molar-refractivity contribution in [3.8, 4) is 11.1 Å². The van der Waals surface area contributed by atoms with Gasteiger partial charge >= 0.3 is 0 Å². The van der Waals surface area contributed by atoms with E-state index in [0.717, 1.165) is 17.4 Å². The van der Waals surface area contributed by atoms with Gasteiger partial charge in [-0.3, -0.25) is 4.79 Å². The van der Waals surface area contributed by atoms with Crippen LogP contribution in [-0.4, -0.2) is 6.29 Å². The van der Waals surface area contributed by atoms with Crippen molar-refractivity contribution >= 4 is 17.6 Å². The van der Waals surface area contributed by atoms with Gasteiger partial charge in [0.15, 0.2) is 6.29 Å². The van der Waals surface area contributed by atoms with Gasteiger partial charge in [-0.25, -0.2) is 4.39 Å². The summed E-state index contributed by atoms with van der Waals surface area (Å²) in [4.78, 5) is 11.2. The van der Waals surface area contributed by atoms with E-state index in [2.05, 4.69) is 0 Å². The van der Waals surface area contributed by atoms with E-state index in [1.807, 2.05) is 11.4 Å². The van der Waals surface area contributed by atoms with Crippen LogP contribution in [0.3, 0.4) is 0 Å². The van der Waals surface area contributed by atoms with Gasteiger partial charge in [0.1, 0.15) is 5.82 Å². The molecule has 15 heavy (non-hydrogen) atoms. The Morgan fingerprint density at radius 1 is 1.27 bits per heavy atom. The van der Waals surface area contributed by atoms with E-state index in [4.69, 9.17) is 0 Å². The van der Waals surface area contributed by atoms with Crippen LogP contribution in [0.4, 0.5) is 4.39 Å². The summed E-state index contributed by atoms with van der Waals surface area (Å²) in [6, 6.07) is 6.85. The zero-order valence-corrected chi connectivity index (χ0v) is 8.98. The maximum absolute atomic E-state index is 13.3. The van der Waals surface area contributed by atoms with Crippen LogP contribution < -0.4 is 0 Å². The number of aldehydes is 1. The van der Waals surface area contributed by atoms with Gasteiger partial charge in [-0.05, 0) is 41.1 Å². The molecule has 2 rings (SSSR count). The molecule has 0 amide bonds. The van der Waals surface area contributed by atoms with Crippen LogP contribution in [0.5, 0.6) is 0 Å². The summed E-state index contributed by atoms with van der Waals surface area (Å²) in [6.07, 6.45) is 0.804. The Bertz CT molecular complexity index is 502. The van der Waals surface area contributed by atoms with Crippen LogP contribution >= 0.6 is 11.3 Å². The molecule has 0 fully saturated rings. The first-order valence-electron chi connectivity index (χ1n) is 4.51. The Kier molecular flexibility index (Phi) is 2.64. The average Bonchev–Trinajstić information content (AvgIpc) is 2.70. The van der Waals surface area contributed by atoms with Crippen LogP contribution in [-0.2, 0) is 0 Å². The number of rotatable bonds is 2. The lowest BCUT2D eigenvalue weighted by atomic mass is 10.1. The summed E-state index contributed by atoms with van der Waals surface area (Å²) in [5.41, 5.74) is 2.33. The van der Waals surface area contributed by atoms with Crippen molar-refractivity contribution in [3.63, 3.8) is 0 Å². The van der Waals surface area contributed by atoms with Crippen LogP contribution in [0.1, 0.15) is 15.2 Å². The SMILES string of the molecule is Cc1ccc(-c2csc(C=O)c2)cc1F. The molecular weight excluding hydrogens is 211 g/mol. The highest BCUT2D eigenvalue weighted by Crippen LogP contribution is 2.26. The van der Waals surface area contributed by atoms with Crippen LogP contribution in [0.2, 0.25) is 0 Å². The number of carbonyl (C=O) groups excluding carboxylic acids is 1. The second-order valence-electron chi connectivity index (χ2n) is 3.32. The van der Waals surface area contributed by atoms with Crippen molar-refractivity contribution in [1.29, 1.82) is 0 Å². The summed E-state index contributed by atoms with van der Waals surface area (Å²) >= 11 is 1.36. The quantitative estimate of drug-likeness (QED) is 0.706. The molecule has 1 nitrogen and oxygen atoms in total. The summed E-state index contributed by atoms with van der Waals surface area (Å²) in [7, 11) is 0. The number of aryl methyl sites for hydroxylation is 1. The van der Waals surface area contributed by atoms with Gasteiger partial charge in [-0.15, -0.1) is 11.3 Å². The molecule has 0 spiro atoms. The van der Waals surface area contributed by atoms with Crippen molar-refractivity contribution in [2.24, 2.45) is 0 Å². The predicted molar refractivity (Wildman–Crippen MR) is 59.8 cm³/mol. The van der Waals surface area contributed by atoms with Crippen molar-refractivity contribution in [2.45, 2.75) is 6.92 Å². The summed E-state index contributed by atoms with van der Waals surface area (Å²) in [5.74, 6) is -0.216. The summed E-state index contributed by atoms with van der Waals surface area (Å²) in [5, 5.41) is 1.86. The Labute approximate surface area is 91.2 Å². The summed E-state index contributed by atoms with van der Waals surface area (Å²) < 4.78 is 13.3. The molecule has 1 heterocycles. The average molecular weight is 220 g/mol. The van der Waals surface area contributed by atoms with Crippen molar-refractivity contribution < 1.29 is 9.18 Å². The number of carbonyl (C=O) groups is 1. The van der Waals surface area contributed by atoms with Gasteiger partial charge in [0.05, 0.1) is 4.88 Å². The first kappa shape index (κ1) is 10.1. The standard InChI is InChI=1S/C12H9FOS/c1-8-2-3-9(5-12(8)13)10-4-11(6-14)15-7-10/h2-7H,1H3. The molecule has 0 bridgehead atoms. The summed E-state index contributed by atoms with van der Waals surface area (Å²) in [6.45, 7) is 1.73. The molecule has 0 radical (unpaired) electrons. The minimum Gasteiger partial charge on any atom is -0.297 e. The van der Waals surface area contributed by atoms with Crippen molar-refractivity contribution in [1.82, 2.24) is 0 Å². The lowest BCUT2D eigenvalue weighted by Crippen LogP contribution is -1.82. The van der Waals surface area contributed by atoms with E-state index in [1.165, 1.54) is 17.4 Å². The highest BCUT2D eigenvalue weighted by atomic mass is 32.1. The zero-order chi connectivity index (χ0) is 10.8. The number of thiophene rings is 1. The van der Waals surface area contributed by atoms with Gasteiger partial charge in [0.25, 0.3) is 0 Å². The molecule has 76 valence electrons. The lowest BCUT2D eigenvalue weighted by molar-refractivity contribution is 0.112. The Morgan fingerprint density at radius 3 is 2.67 bits per heavy atom. The maximum Gasteiger partial charge on any atom is 0.160 e. The maximum atomic E-state index is 13.3. The molecule has 0 atom stereocenters. The number of benzene rings is 1. The molecule has 0 saturated heterocycles. The molecule has 0 aliphatic carbocycles. The number of hydrogen-bond acceptors (Lipinski definition) is 2. The third-order valence-electron chi connectivity index (χ3n) is 2.24. The molecular formula is C12H9FOS. The smallest absolute Gasteiger partial charge is 0.160 e. The molecule has 1 aromatic heterocycles. The van der Waals surface area contributed by atoms with E-state index < -0.39 is 0 Å². The monoisotopic (exact) mass is 220 g/mol. The fourth-order valence-electron chi connectivity index (χ4n) is 1.34. The molecule has 3 heteroatoms. The van der Waals surface area contributed by atoms with Crippen LogP contribution in [0.15, 0.2) is 29.6 Å². The Morgan fingerprint density at radius 2 is 2.07 bits per heavy atom. The first-order valence-corrected chi connectivity index (χ1v) is 5.39. The van der Waals surface area contributed by atoms with E-state index in [1.54, 1.807) is 19.1 Å². The number of hydrogen-bond donors (Lipinski definition) is 0. The molecule has 0 aliphatic rings. The third kappa shape index (κ3) is 1.97. The predicted octanol–water partition coefficient (Wildman–Crippen LogP) is 3.68. The molecule has 0 unspecified atom stereocenters. The Balaban J connectivity index is 2.44. The molecule has 0 saturated carbocycles. The first-order chi connectivity index (χ1) is 7.20. The van der Waals surface area contributed by atoms with E-state index in [-0.39, 0.29) is 5.82 Å². The minimum atomic E-state index is -0.216. The normalized spacial score (nSPS) is 10.3. The molecule has 0 N–H and O–H groups in total. The molecule has 1 aromatic carbocycles. The molecule has 2 aromatic rings. The van der Waals surface area contributed by atoms with Gasteiger partial charge in [0, 0.05) is 0 Å². The van der Waals surface area contributed by atoms with Crippen LogP contribution in [0.25, 0.3) is 11.1 Å². The largest absolute Gasteiger partial charge is 0.297 e. The highest BCUT2D eigenvalue weighted by Gasteiger charge is 2.04. The van der Waals surface area contributed by atoms with Crippen LogP contribution in [0, 0.1) is 12.7 Å². The van der Waals surface area contributed by atoms with Crippen molar-refractivity contribution in [3.05, 3.63) is 45.9 Å². The molecule has 0 aliphatic heterocycles. The fourth-order valence-corrected chi connectivity index (χ4v) is 2.06. The lowest BCUT2D eigenvalue weighted by Gasteiger charge is -2.00. The second kappa shape index (κ2) is 3.95. The van der Waals surface area contributed by atoms with E-state index in [9.17, 15) is 9.18 Å². The van der Waals surface area contributed by atoms with E-state index in [0.29, 0.717) is 10.4 Å². The second-order valence-corrected chi connectivity index (χ2v) is 4.26. The van der Waals surface area contributed by atoms with E-state index >= 15 is 0 Å². The topological polar surface area (TPSA) is 17.1 Å².